The highest BCUT2D eigenvalue weighted by atomic mass is 79.9. The van der Waals surface area contributed by atoms with E-state index < -0.39 is 6.10 Å². The van der Waals surface area contributed by atoms with E-state index in [1.807, 2.05) is 19.1 Å². The predicted molar refractivity (Wildman–Crippen MR) is 72.6 cm³/mol. The van der Waals surface area contributed by atoms with Crippen molar-refractivity contribution in [2.45, 2.75) is 13.0 Å². The van der Waals surface area contributed by atoms with Gasteiger partial charge in [-0.2, -0.15) is 0 Å². The van der Waals surface area contributed by atoms with E-state index in [-0.39, 0.29) is 0 Å². The van der Waals surface area contributed by atoms with Crippen LogP contribution in [0.15, 0.2) is 33.4 Å². The molecule has 1 aliphatic rings. The lowest BCUT2D eigenvalue weighted by Crippen LogP contribution is -2.16. The highest BCUT2D eigenvalue weighted by Gasteiger charge is 2.22. The van der Waals surface area contributed by atoms with E-state index in [2.05, 4.69) is 15.9 Å². The highest BCUT2D eigenvalue weighted by Crippen LogP contribution is 2.39. The molecule has 100 valence electrons. The number of ether oxygens (including phenoxy) is 2. The molecule has 1 N–H and O–H groups in total. The summed E-state index contributed by atoms with van der Waals surface area (Å²) < 4.78 is 17.1. The minimum absolute atomic E-state index is 0.518. The van der Waals surface area contributed by atoms with Gasteiger partial charge in [0.05, 0.1) is 6.26 Å². The Morgan fingerprint density at radius 3 is 2.53 bits per heavy atom. The van der Waals surface area contributed by atoms with E-state index in [1.165, 1.54) is 0 Å². The summed E-state index contributed by atoms with van der Waals surface area (Å²) in [7, 11) is 0. The molecule has 19 heavy (non-hydrogen) atoms. The monoisotopic (exact) mass is 324 g/mol. The average molecular weight is 325 g/mol. The molecule has 3 rings (SSSR count). The molecule has 2 heterocycles. The second kappa shape index (κ2) is 4.90. The minimum Gasteiger partial charge on any atom is -0.486 e. The van der Waals surface area contributed by atoms with E-state index in [0.29, 0.717) is 36.0 Å². The smallest absolute Gasteiger partial charge is 0.162 e. The Kier molecular flexibility index (Phi) is 3.24. The molecule has 0 fully saturated rings. The van der Waals surface area contributed by atoms with Crippen molar-refractivity contribution in [3.8, 4) is 11.5 Å². The Balaban J connectivity index is 2.03. The van der Waals surface area contributed by atoms with Crippen LogP contribution in [0, 0.1) is 6.92 Å². The Morgan fingerprint density at radius 1 is 1.21 bits per heavy atom. The first kappa shape index (κ1) is 12.6. The number of benzene rings is 1. The van der Waals surface area contributed by atoms with Crippen molar-refractivity contribution in [2.24, 2.45) is 0 Å². The summed E-state index contributed by atoms with van der Waals surface area (Å²) in [4.78, 5) is 0. The zero-order valence-electron chi connectivity index (χ0n) is 10.4. The van der Waals surface area contributed by atoms with Crippen LogP contribution in [0.5, 0.6) is 11.5 Å². The number of aliphatic hydroxyl groups is 1. The summed E-state index contributed by atoms with van der Waals surface area (Å²) in [5, 5.41) is 10.4. The van der Waals surface area contributed by atoms with Crippen LogP contribution >= 0.6 is 15.9 Å². The maximum Gasteiger partial charge on any atom is 0.162 e. The molecule has 0 spiro atoms. The van der Waals surface area contributed by atoms with E-state index >= 15 is 0 Å². The van der Waals surface area contributed by atoms with Gasteiger partial charge in [0.25, 0.3) is 0 Å². The molecule has 5 heteroatoms. The Hall–Kier alpha value is -1.46. The van der Waals surface area contributed by atoms with Crippen LogP contribution in [0.25, 0.3) is 0 Å². The molecule has 1 aromatic heterocycles. The number of hydrogen-bond donors (Lipinski definition) is 1. The van der Waals surface area contributed by atoms with Gasteiger partial charge in [-0.05, 0) is 30.7 Å². The van der Waals surface area contributed by atoms with Crippen LogP contribution < -0.4 is 9.47 Å². The third kappa shape index (κ3) is 2.24. The molecular weight excluding hydrogens is 312 g/mol. The van der Waals surface area contributed by atoms with Crippen molar-refractivity contribution in [1.82, 2.24) is 0 Å². The summed E-state index contributed by atoms with van der Waals surface area (Å²) in [6.45, 7) is 2.95. The van der Waals surface area contributed by atoms with E-state index in [1.54, 1.807) is 12.3 Å². The quantitative estimate of drug-likeness (QED) is 0.921. The zero-order chi connectivity index (χ0) is 13.4. The van der Waals surface area contributed by atoms with Crippen LogP contribution in [0.4, 0.5) is 0 Å². The molecule has 0 amide bonds. The number of aliphatic hydroxyl groups excluding tert-OH is 1. The van der Waals surface area contributed by atoms with Crippen LogP contribution in [0.1, 0.15) is 23.0 Å². The number of rotatable bonds is 2. The molecule has 1 aromatic carbocycles. The third-order valence-electron chi connectivity index (χ3n) is 3.11. The van der Waals surface area contributed by atoms with Gasteiger partial charge < -0.3 is 19.0 Å². The second-order valence-corrected chi connectivity index (χ2v) is 5.24. The summed E-state index contributed by atoms with van der Waals surface area (Å²) in [5.74, 6) is 1.87. The van der Waals surface area contributed by atoms with E-state index in [4.69, 9.17) is 13.9 Å². The fraction of sp³-hybridized carbons (Fsp3) is 0.286. The predicted octanol–water partition coefficient (Wildman–Crippen LogP) is 3.20. The Labute approximate surface area is 119 Å². The van der Waals surface area contributed by atoms with Gasteiger partial charge in [-0.15, -0.1) is 0 Å². The number of halogens is 1. The molecule has 2 aromatic rings. The fourth-order valence-electron chi connectivity index (χ4n) is 2.10. The molecule has 1 unspecified atom stereocenters. The van der Waals surface area contributed by atoms with Gasteiger partial charge in [0.2, 0.25) is 0 Å². The summed E-state index contributed by atoms with van der Waals surface area (Å²) in [5.41, 5.74) is 1.61. The standard InChI is InChI=1S/C14H13BrO4/c1-8-2-3-19-14(8)13(16)9-6-11-12(7-10(9)15)18-5-4-17-11/h2-3,6-7,13,16H,4-5H2,1H3. The van der Waals surface area contributed by atoms with Crippen molar-refractivity contribution in [1.29, 1.82) is 0 Å². The van der Waals surface area contributed by atoms with Crippen molar-refractivity contribution >= 4 is 15.9 Å². The van der Waals surface area contributed by atoms with E-state index in [0.717, 1.165) is 10.0 Å². The maximum absolute atomic E-state index is 10.4. The second-order valence-electron chi connectivity index (χ2n) is 4.39. The first-order chi connectivity index (χ1) is 9.16. The van der Waals surface area contributed by atoms with Crippen LogP contribution in [0.2, 0.25) is 0 Å². The number of furan rings is 1. The first-order valence-corrected chi connectivity index (χ1v) is 6.77. The summed E-state index contributed by atoms with van der Waals surface area (Å²) >= 11 is 3.45. The molecule has 0 saturated carbocycles. The number of aryl methyl sites for hydroxylation is 1. The molecule has 0 aliphatic carbocycles. The average Bonchev–Trinajstić information content (AvgIpc) is 2.83. The molecule has 1 aliphatic heterocycles. The van der Waals surface area contributed by atoms with Gasteiger partial charge in [-0.1, -0.05) is 15.9 Å². The molecule has 4 nitrogen and oxygen atoms in total. The van der Waals surface area contributed by atoms with Crippen LogP contribution in [-0.2, 0) is 0 Å². The maximum atomic E-state index is 10.4. The number of fused-ring (bicyclic) bond motifs is 1. The van der Waals surface area contributed by atoms with Gasteiger partial charge >= 0.3 is 0 Å². The largest absolute Gasteiger partial charge is 0.486 e. The molecule has 0 radical (unpaired) electrons. The van der Waals surface area contributed by atoms with Crippen LogP contribution in [0.3, 0.4) is 0 Å². The van der Waals surface area contributed by atoms with Crippen molar-refractivity contribution in [3.05, 3.63) is 45.8 Å². The summed E-state index contributed by atoms with van der Waals surface area (Å²) in [6, 6.07) is 5.42. The molecule has 0 saturated heterocycles. The van der Waals surface area contributed by atoms with Gasteiger partial charge in [0.1, 0.15) is 25.1 Å². The molecule has 1 atom stereocenters. The Morgan fingerprint density at radius 2 is 1.89 bits per heavy atom. The molecule has 0 bridgehead atoms. The molecular formula is C14H13BrO4. The lowest BCUT2D eigenvalue weighted by Gasteiger charge is -2.21. The fourth-order valence-corrected chi connectivity index (χ4v) is 2.63. The van der Waals surface area contributed by atoms with Gasteiger partial charge in [-0.3, -0.25) is 0 Å². The zero-order valence-corrected chi connectivity index (χ0v) is 11.9. The van der Waals surface area contributed by atoms with Gasteiger partial charge in [-0.25, -0.2) is 0 Å². The SMILES string of the molecule is Cc1ccoc1C(O)c1cc2c(cc1Br)OCCO2. The van der Waals surface area contributed by atoms with Crippen molar-refractivity contribution < 1.29 is 19.0 Å². The number of hydrogen-bond acceptors (Lipinski definition) is 4. The minimum atomic E-state index is -0.833. The van der Waals surface area contributed by atoms with Gasteiger partial charge in [0.15, 0.2) is 11.5 Å². The topological polar surface area (TPSA) is 51.8 Å². The third-order valence-corrected chi connectivity index (χ3v) is 3.79. The lowest BCUT2D eigenvalue weighted by atomic mass is 10.0. The Bertz CT molecular complexity index is 605. The van der Waals surface area contributed by atoms with Crippen molar-refractivity contribution in [2.75, 3.05) is 13.2 Å². The highest BCUT2D eigenvalue weighted by molar-refractivity contribution is 9.10. The van der Waals surface area contributed by atoms with Crippen LogP contribution in [-0.4, -0.2) is 18.3 Å². The summed E-state index contributed by atoms with van der Waals surface area (Å²) in [6.07, 6.45) is 0.736. The lowest BCUT2D eigenvalue weighted by molar-refractivity contribution is 0.167. The first-order valence-electron chi connectivity index (χ1n) is 5.98. The van der Waals surface area contributed by atoms with Gasteiger partial charge in [0, 0.05) is 10.0 Å². The normalized spacial score (nSPS) is 15.3. The van der Waals surface area contributed by atoms with Crippen molar-refractivity contribution in [3.63, 3.8) is 0 Å². The van der Waals surface area contributed by atoms with E-state index in [9.17, 15) is 5.11 Å².